The Morgan fingerprint density at radius 1 is 0.920 bits per heavy atom. The first-order valence-electron chi connectivity index (χ1n) is 8.02. The molecule has 0 radical (unpaired) electrons. The highest BCUT2D eigenvalue weighted by molar-refractivity contribution is 7.91. The highest BCUT2D eigenvalue weighted by Gasteiger charge is 2.17. The molecule has 0 bridgehead atoms. The first-order valence-corrected chi connectivity index (χ1v) is 9.68. The number of anilines is 1. The van der Waals surface area contributed by atoms with Crippen molar-refractivity contribution >= 4 is 32.2 Å². The molecule has 0 aromatic heterocycles. The maximum atomic E-state index is 12.8. The van der Waals surface area contributed by atoms with Crippen molar-refractivity contribution < 1.29 is 13.2 Å². The third-order valence-electron chi connectivity index (χ3n) is 4.27. The zero-order chi connectivity index (χ0) is 18.0. The lowest BCUT2D eigenvalue weighted by molar-refractivity contribution is 0.0993. The van der Waals surface area contributed by atoms with Crippen LogP contribution in [0.4, 0.5) is 5.69 Å². The van der Waals surface area contributed by atoms with E-state index in [2.05, 4.69) is 0 Å². The number of nitrogens with zero attached hydrogens (tertiary/aromatic N) is 1. The highest BCUT2D eigenvalue weighted by atomic mass is 32.2. The van der Waals surface area contributed by atoms with Crippen LogP contribution in [-0.2, 0) is 9.84 Å². The van der Waals surface area contributed by atoms with Crippen LogP contribution in [0.5, 0.6) is 0 Å². The molecule has 1 amide bonds. The van der Waals surface area contributed by atoms with Gasteiger partial charge in [-0.25, -0.2) is 8.42 Å². The summed E-state index contributed by atoms with van der Waals surface area (Å²) in [5.41, 5.74) is 1.26. The monoisotopic (exact) mass is 353 g/mol. The van der Waals surface area contributed by atoms with E-state index in [1.54, 1.807) is 31.0 Å². The number of sulfone groups is 1. The van der Waals surface area contributed by atoms with E-state index < -0.39 is 9.84 Å². The van der Waals surface area contributed by atoms with Gasteiger partial charge in [-0.2, -0.15) is 0 Å². The van der Waals surface area contributed by atoms with Gasteiger partial charge in [0.05, 0.1) is 16.3 Å². The zero-order valence-electron chi connectivity index (χ0n) is 14.1. The summed E-state index contributed by atoms with van der Waals surface area (Å²) in [6.07, 6.45) is 0. The first kappa shape index (κ1) is 17.2. The van der Waals surface area contributed by atoms with Crippen LogP contribution in [0.1, 0.15) is 17.3 Å². The van der Waals surface area contributed by atoms with Gasteiger partial charge in [0, 0.05) is 18.0 Å². The molecule has 4 nitrogen and oxygen atoms in total. The highest BCUT2D eigenvalue weighted by Crippen LogP contribution is 2.27. The third-order valence-corrected chi connectivity index (χ3v) is 6.02. The van der Waals surface area contributed by atoms with Gasteiger partial charge in [0.15, 0.2) is 9.84 Å². The summed E-state index contributed by atoms with van der Waals surface area (Å²) in [6.45, 7) is 1.60. The van der Waals surface area contributed by atoms with Crippen molar-refractivity contribution in [3.05, 3.63) is 72.3 Å². The molecule has 0 saturated heterocycles. The molecule has 0 atom stereocenters. The number of fused-ring (bicyclic) bond motifs is 1. The minimum Gasteiger partial charge on any atom is -0.311 e. The minimum absolute atomic E-state index is 0.0379. The number of carbonyl (C=O) groups excluding carboxylic acids is 1. The van der Waals surface area contributed by atoms with Crippen molar-refractivity contribution in [3.8, 4) is 0 Å². The molecule has 0 unspecified atom stereocenters. The molecule has 25 heavy (non-hydrogen) atoms. The van der Waals surface area contributed by atoms with Gasteiger partial charge in [-0.3, -0.25) is 4.79 Å². The van der Waals surface area contributed by atoms with Crippen LogP contribution >= 0.6 is 0 Å². The van der Waals surface area contributed by atoms with Gasteiger partial charge in [-0.1, -0.05) is 43.3 Å². The van der Waals surface area contributed by atoms with Gasteiger partial charge in [0.1, 0.15) is 0 Å². The third kappa shape index (κ3) is 3.28. The normalized spacial score (nSPS) is 11.4. The largest absolute Gasteiger partial charge is 0.311 e. The Morgan fingerprint density at radius 3 is 2.24 bits per heavy atom. The summed E-state index contributed by atoms with van der Waals surface area (Å²) in [4.78, 5) is 14.6. The predicted molar refractivity (Wildman–Crippen MR) is 101 cm³/mol. The molecule has 5 heteroatoms. The Bertz CT molecular complexity index is 1020. The summed E-state index contributed by atoms with van der Waals surface area (Å²) >= 11 is 0. The second kappa shape index (κ2) is 6.69. The topological polar surface area (TPSA) is 54.5 Å². The number of hydrogen-bond acceptors (Lipinski definition) is 3. The molecule has 128 valence electrons. The lowest BCUT2D eigenvalue weighted by Crippen LogP contribution is -2.26. The Balaban J connectivity index is 1.95. The van der Waals surface area contributed by atoms with Crippen molar-refractivity contribution in [2.75, 3.05) is 17.7 Å². The number of rotatable bonds is 4. The second-order valence-electron chi connectivity index (χ2n) is 5.79. The van der Waals surface area contributed by atoms with E-state index in [0.717, 1.165) is 16.5 Å². The lowest BCUT2D eigenvalue weighted by Gasteiger charge is -2.19. The number of carbonyl (C=O) groups is 1. The van der Waals surface area contributed by atoms with Crippen molar-refractivity contribution in [1.29, 1.82) is 0 Å². The van der Waals surface area contributed by atoms with Crippen LogP contribution in [0.15, 0.2) is 71.6 Å². The van der Waals surface area contributed by atoms with Crippen LogP contribution < -0.4 is 4.90 Å². The minimum atomic E-state index is -3.27. The van der Waals surface area contributed by atoms with Gasteiger partial charge in [0.25, 0.3) is 5.91 Å². The van der Waals surface area contributed by atoms with E-state index in [0.29, 0.717) is 5.56 Å². The smallest absolute Gasteiger partial charge is 0.258 e. The fraction of sp³-hybridized carbons (Fsp3) is 0.150. The summed E-state index contributed by atoms with van der Waals surface area (Å²) < 4.78 is 23.8. The van der Waals surface area contributed by atoms with E-state index >= 15 is 0 Å². The number of hydrogen-bond donors (Lipinski definition) is 0. The average Bonchev–Trinajstić information content (AvgIpc) is 2.66. The molecule has 0 fully saturated rings. The maximum Gasteiger partial charge on any atom is 0.258 e. The summed E-state index contributed by atoms with van der Waals surface area (Å²) in [5, 5.41) is 2.05. The summed E-state index contributed by atoms with van der Waals surface area (Å²) in [7, 11) is -1.54. The second-order valence-corrected chi connectivity index (χ2v) is 8.07. The molecule has 0 aliphatic carbocycles. The van der Waals surface area contributed by atoms with Gasteiger partial charge in [-0.05, 0) is 35.7 Å². The van der Waals surface area contributed by atoms with Crippen LogP contribution in [0.2, 0.25) is 0 Å². The fourth-order valence-corrected chi connectivity index (χ4v) is 3.66. The van der Waals surface area contributed by atoms with E-state index in [9.17, 15) is 13.2 Å². The molecule has 3 rings (SSSR count). The Kier molecular flexibility index (Phi) is 4.59. The van der Waals surface area contributed by atoms with Crippen molar-refractivity contribution in [1.82, 2.24) is 0 Å². The van der Waals surface area contributed by atoms with Crippen LogP contribution in [-0.4, -0.2) is 27.1 Å². The summed E-state index contributed by atoms with van der Waals surface area (Å²) in [5.74, 6) is -0.146. The SMILES string of the molecule is CCS(=O)(=O)c1ccc(C(=O)N(C)c2cccc3ccccc23)cc1. The van der Waals surface area contributed by atoms with E-state index in [1.807, 2.05) is 42.5 Å². The Hall–Kier alpha value is -2.66. The Morgan fingerprint density at radius 2 is 1.56 bits per heavy atom. The van der Waals surface area contributed by atoms with E-state index in [-0.39, 0.29) is 16.6 Å². The summed E-state index contributed by atoms with van der Waals surface area (Å²) in [6, 6.07) is 19.8. The molecular formula is C20H19NO3S. The zero-order valence-corrected chi connectivity index (χ0v) is 15.0. The predicted octanol–water partition coefficient (Wildman–Crippen LogP) is 3.91. The standard InChI is InChI=1S/C20H19NO3S/c1-3-25(23,24)17-13-11-16(12-14-17)20(22)21(2)19-10-6-8-15-7-4-5-9-18(15)19/h4-14H,3H2,1-2H3. The van der Waals surface area contributed by atoms with Crippen LogP contribution in [0, 0.1) is 0 Å². The van der Waals surface area contributed by atoms with Gasteiger partial charge < -0.3 is 4.90 Å². The molecule has 0 aliphatic heterocycles. The molecular weight excluding hydrogens is 334 g/mol. The van der Waals surface area contributed by atoms with Crippen molar-refractivity contribution in [2.24, 2.45) is 0 Å². The molecule has 0 N–H and O–H groups in total. The fourth-order valence-electron chi connectivity index (χ4n) is 2.78. The molecule has 0 aliphatic rings. The van der Waals surface area contributed by atoms with Crippen LogP contribution in [0.25, 0.3) is 10.8 Å². The van der Waals surface area contributed by atoms with Gasteiger partial charge in [-0.15, -0.1) is 0 Å². The molecule has 3 aromatic carbocycles. The first-order chi connectivity index (χ1) is 11.9. The quantitative estimate of drug-likeness (QED) is 0.714. The lowest BCUT2D eigenvalue weighted by atomic mass is 10.1. The van der Waals surface area contributed by atoms with Crippen LogP contribution in [0.3, 0.4) is 0 Å². The average molecular weight is 353 g/mol. The Labute approximate surface area is 147 Å². The molecule has 3 aromatic rings. The van der Waals surface area contributed by atoms with Gasteiger partial charge >= 0.3 is 0 Å². The van der Waals surface area contributed by atoms with E-state index in [4.69, 9.17) is 0 Å². The number of amides is 1. The van der Waals surface area contributed by atoms with E-state index in [1.165, 1.54) is 12.1 Å². The molecule has 0 heterocycles. The van der Waals surface area contributed by atoms with Crippen molar-refractivity contribution in [3.63, 3.8) is 0 Å². The number of benzene rings is 3. The molecule has 0 saturated carbocycles. The van der Waals surface area contributed by atoms with Crippen molar-refractivity contribution in [2.45, 2.75) is 11.8 Å². The maximum absolute atomic E-state index is 12.8. The van der Waals surface area contributed by atoms with Gasteiger partial charge in [0.2, 0.25) is 0 Å². The molecule has 0 spiro atoms.